The van der Waals surface area contributed by atoms with Gasteiger partial charge in [0, 0.05) is 50.0 Å². The zero-order chi connectivity index (χ0) is 27.1. The van der Waals surface area contributed by atoms with Crippen molar-refractivity contribution in [3.8, 4) is 0 Å². The Labute approximate surface area is 248 Å². The van der Waals surface area contributed by atoms with Crippen LogP contribution in [0.2, 0.25) is 10.0 Å². The van der Waals surface area contributed by atoms with Gasteiger partial charge in [-0.05, 0) is 103 Å². The summed E-state index contributed by atoms with van der Waals surface area (Å²) in [6.07, 6.45) is 11.2. The lowest BCUT2D eigenvalue weighted by Crippen LogP contribution is -2.17. The van der Waals surface area contributed by atoms with Gasteiger partial charge in [-0.1, -0.05) is 65.3 Å². The van der Waals surface area contributed by atoms with Crippen LogP contribution in [0.25, 0.3) is 16.2 Å². The lowest BCUT2D eigenvalue weighted by atomic mass is 10.1. The van der Waals surface area contributed by atoms with E-state index in [1.807, 2.05) is 29.5 Å². The van der Waals surface area contributed by atoms with E-state index in [-0.39, 0.29) is 0 Å². The summed E-state index contributed by atoms with van der Waals surface area (Å²) in [5, 5.41) is 3.98. The van der Waals surface area contributed by atoms with Crippen molar-refractivity contribution in [3.05, 3.63) is 127 Å². The molecule has 4 aromatic rings. The van der Waals surface area contributed by atoms with Gasteiger partial charge in [-0.15, -0.1) is 11.3 Å². The topological polar surface area (TPSA) is 6.48 Å². The number of anilines is 2. The Morgan fingerprint density at radius 3 is 2.49 bits per heavy atom. The number of hydrogen-bond acceptors (Lipinski definition) is 4. The van der Waals surface area contributed by atoms with E-state index in [0.717, 1.165) is 28.6 Å². The Hall–Kier alpha value is -2.89. The van der Waals surface area contributed by atoms with Gasteiger partial charge in [0.05, 0.1) is 10.7 Å². The van der Waals surface area contributed by atoms with Gasteiger partial charge in [-0.3, -0.25) is 0 Å². The van der Waals surface area contributed by atoms with Crippen LogP contribution in [0.4, 0.5) is 11.4 Å². The molecular weight excluding hydrogens is 559 g/mol. The van der Waals surface area contributed by atoms with Crippen molar-refractivity contribution in [2.24, 2.45) is 0 Å². The molecule has 0 atom stereocenters. The molecular formula is C33H28Cl2N2S2. The number of rotatable bonds is 5. The fraction of sp³-hybridized carbons (Fsp3) is 0.152. The first-order valence-corrected chi connectivity index (χ1v) is 15.3. The molecule has 0 saturated carbocycles. The fourth-order valence-electron chi connectivity index (χ4n) is 5.25. The predicted octanol–water partition coefficient (Wildman–Crippen LogP) is 10.7. The molecule has 0 radical (unpaired) electrons. The minimum Gasteiger partial charge on any atom is -0.344 e. The van der Waals surface area contributed by atoms with E-state index in [9.17, 15) is 0 Å². The summed E-state index contributed by atoms with van der Waals surface area (Å²) in [5.41, 5.74) is 7.60. The van der Waals surface area contributed by atoms with Crippen molar-refractivity contribution in [3.63, 3.8) is 0 Å². The van der Waals surface area contributed by atoms with Crippen LogP contribution in [0.15, 0.2) is 112 Å². The van der Waals surface area contributed by atoms with Crippen LogP contribution in [0.5, 0.6) is 0 Å². The van der Waals surface area contributed by atoms with Crippen LogP contribution < -0.4 is 9.80 Å². The van der Waals surface area contributed by atoms with Crippen LogP contribution in [-0.2, 0) is 0 Å². The van der Waals surface area contributed by atoms with Gasteiger partial charge in [0.25, 0.3) is 0 Å². The molecule has 196 valence electrons. The first-order chi connectivity index (χ1) is 18.9. The maximum atomic E-state index is 6.28. The smallest absolute Gasteiger partial charge is 0.0798 e. The van der Waals surface area contributed by atoms with Gasteiger partial charge < -0.3 is 9.80 Å². The molecule has 1 aliphatic carbocycles. The highest BCUT2D eigenvalue weighted by Crippen LogP contribution is 2.46. The van der Waals surface area contributed by atoms with Crippen LogP contribution in [0.1, 0.15) is 23.3 Å². The maximum Gasteiger partial charge on any atom is 0.0798 e. The molecule has 0 amide bonds. The minimum atomic E-state index is 0.764. The molecule has 0 saturated heterocycles. The highest BCUT2D eigenvalue weighted by Gasteiger charge is 2.24. The second-order valence-electron chi connectivity index (χ2n) is 9.80. The molecule has 6 heteroatoms. The molecule has 0 N–H and O–H groups in total. The number of thiophene rings is 1. The van der Waals surface area contributed by atoms with Crippen molar-refractivity contribution >= 4 is 73.8 Å². The molecule has 39 heavy (non-hydrogen) atoms. The van der Waals surface area contributed by atoms with Gasteiger partial charge in [-0.25, -0.2) is 0 Å². The van der Waals surface area contributed by atoms with Gasteiger partial charge in [0.2, 0.25) is 0 Å². The number of allylic oxidation sites excluding steroid dienone is 5. The van der Waals surface area contributed by atoms with Crippen molar-refractivity contribution in [2.75, 3.05) is 23.9 Å². The van der Waals surface area contributed by atoms with Gasteiger partial charge in [0.1, 0.15) is 0 Å². The zero-order valence-electron chi connectivity index (χ0n) is 22.0. The highest BCUT2D eigenvalue weighted by molar-refractivity contribution is 8.03. The fourth-order valence-corrected chi connectivity index (χ4v) is 7.72. The van der Waals surface area contributed by atoms with E-state index < -0.39 is 0 Å². The molecule has 2 aliphatic rings. The normalized spacial score (nSPS) is 17.4. The summed E-state index contributed by atoms with van der Waals surface area (Å²) in [7, 11) is 4.28. The Morgan fingerprint density at radius 1 is 0.897 bits per heavy atom. The van der Waals surface area contributed by atoms with Gasteiger partial charge in [0.15, 0.2) is 0 Å². The first kappa shape index (κ1) is 26.3. The lowest BCUT2D eigenvalue weighted by Gasteiger charge is -2.23. The predicted molar refractivity (Wildman–Crippen MR) is 174 cm³/mol. The average molecular weight is 588 g/mol. The molecule has 2 nitrogen and oxygen atoms in total. The summed E-state index contributed by atoms with van der Waals surface area (Å²) in [6, 6.07) is 22.9. The molecule has 0 fully saturated rings. The lowest BCUT2D eigenvalue weighted by molar-refractivity contribution is 1.03. The van der Waals surface area contributed by atoms with Crippen LogP contribution in [0.3, 0.4) is 0 Å². The van der Waals surface area contributed by atoms with E-state index in [4.69, 9.17) is 23.2 Å². The van der Waals surface area contributed by atoms with Crippen LogP contribution in [0, 0.1) is 6.92 Å². The number of fused-ring (bicyclic) bond motifs is 2. The van der Waals surface area contributed by atoms with Gasteiger partial charge in [-0.2, -0.15) is 0 Å². The van der Waals surface area contributed by atoms with Crippen molar-refractivity contribution in [1.82, 2.24) is 0 Å². The number of hydrogen-bond donors (Lipinski definition) is 0. The van der Waals surface area contributed by atoms with Crippen molar-refractivity contribution in [2.45, 2.75) is 24.7 Å². The number of likely N-dealkylation sites (N-methyl/N-ethyl adjacent to an activating group) is 1. The number of halogens is 2. The monoisotopic (exact) mass is 586 g/mol. The highest BCUT2D eigenvalue weighted by atomic mass is 35.5. The SMILES string of the molecule is Cc1c(C=CC2=C(N(C)c3ccccc3)C(=CC=C3Sc4ccc(Cl)cc4N3C)CC2)sc2ccc(Cl)cc12. The molecule has 0 spiro atoms. The summed E-state index contributed by atoms with van der Waals surface area (Å²) in [5.74, 6) is 0. The largest absolute Gasteiger partial charge is 0.344 e. The summed E-state index contributed by atoms with van der Waals surface area (Å²) < 4.78 is 1.27. The van der Waals surface area contributed by atoms with Crippen LogP contribution >= 0.6 is 46.3 Å². The van der Waals surface area contributed by atoms with E-state index >= 15 is 0 Å². The van der Waals surface area contributed by atoms with Crippen molar-refractivity contribution < 1.29 is 0 Å². The van der Waals surface area contributed by atoms with Gasteiger partial charge >= 0.3 is 0 Å². The molecule has 0 unspecified atom stereocenters. The molecule has 1 aliphatic heterocycles. The van der Waals surface area contributed by atoms with E-state index in [0.29, 0.717) is 0 Å². The molecule has 2 heterocycles. The third kappa shape index (κ3) is 5.19. The average Bonchev–Trinajstić information content (AvgIpc) is 3.59. The quantitative estimate of drug-likeness (QED) is 0.229. The number of thioether (sulfide) groups is 1. The standard InChI is InChI=1S/C33H28Cl2N2S2/c1-21-27-19-24(34)13-16-30(27)38-29(21)15-11-22-9-10-23(33(22)36(2)26-7-5-4-6-8-26)12-18-32-37(3)28-20-25(35)14-17-31(28)39-32/h4-8,11-20H,9-10H2,1-3H3. The number of benzene rings is 3. The zero-order valence-corrected chi connectivity index (χ0v) is 25.2. The molecule has 3 aromatic carbocycles. The molecule has 1 aromatic heterocycles. The summed E-state index contributed by atoms with van der Waals surface area (Å²) in [6.45, 7) is 2.19. The Bertz CT molecular complexity index is 1700. The maximum absolute atomic E-state index is 6.28. The van der Waals surface area contributed by atoms with Crippen LogP contribution in [-0.4, -0.2) is 14.1 Å². The summed E-state index contributed by atoms with van der Waals surface area (Å²) >= 11 is 16.2. The second-order valence-corrected chi connectivity index (χ2v) is 12.8. The van der Waals surface area contributed by atoms with E-state index in [2.05, 4.69) is 104 Å². The Morgan fingerprint density at radius 2 is 1.67 bits per heavy atom. The first-order valence-electron chi connectivity index (χ1n) is 12.9. The molecule has 0 bridgehead atoms. The third-order valence-electron chi connectivity index (χ3n) is 7.38. The second kappa shape index (κ2) is 10.9. The van der Waals surface area contributed by atoms with E-state index in [1.165, 1.54) is 53.0 Å². The Balaban J connectivity index is 1.37. The number of nitrogens with zero attached hydrogens (tertiary/aromatic N) is 2. The van der Waals surface area contributed by atoms with Crippen molar-refractivity contribution in [1.29, 1.82) is 0 Å². The number of para-hydroxylation sites is 1. The molecule has 6 rings (SSSR count). The Kier molecular flexibility index (Phi) is 7.39. The third-order valence-corrected chi connectivity index (χ3v) is 10.3. The minimum absolute atomic E-state index is 0.764. The summed E-state index contributed by atoms with van der Waals surface area (Å²) in [4.78, 5) is 7.06. The van der Waals surface area contributed by atoms with E-state index in [1.54, 1.807) is 11.8 Å². The number of aryl methyl sites for hydroxylation is 1.